The average molecular weight is 402 g/mol. The molecule has 4 nitrogen and oxygen atoms in total. The minimum Gasteiger partial charge on any atom is -0.381 e. The first kappa shape index (κ1) is 21.2. The molecule has 0 bridgehead atoms. The number of ether oxygens (including phenoxy) is 1. The number of hydrogen-bond acceptors (Lipinski definition) is 2. The van der Waals surface area contributed by atoms with Gasteiger partial charge in [-0.25, -0.2) is 8.78 Å². The van der Waals surface area contributed by atoms with E-state index in [0.717, 1.165) is 24.0 Å². The summed E-state index contributed by atoms with van der Waals surface area (Å²) in [6.07, 6.45) is 1.61. The zero-order valence-corrected chi connectivity index (χ0v) is 17.3. The van der Waals surface area contributed by atoms with Gasteiger partial charge in [0.25, 0.3) is 0 Å². The standard InChI is InChI=1S/C23H29F2N3O/c1-16-7-8-18(13-21(16)25)17(2)28-22(26-3)27-15-23(9-11-29-12-10-23)19-5-4-6-20(24)14-19/h4-8,13-14,17H,9-12,15H2,1-3H3,(H2,26,27,28). The molecule has 6 heteroatoms. The van der Waals surface area contributed by atoms with Crippen LogP contribution in [0.2, 0.25) is 0 Å². The number of nitrogens with zero attached hydrogens (tertiary/aromatic N) is 1. The van der Waals surface area contributed by atoms with E-state index in [1.807, 2.05) is 19.1 Å². The Bertz CT molecular complexity index is 863. The van der Waals surface area contributed by atoms with Crippen molar-refractivity contribution in [3.8, 4) is 0 Å². The Balaban J connectivity index is 1.71. The van der Waals surface area contributed by atoms with E-state index < -0.39 is 0 Å². The second kappa shape index (κ2) is 9.35. The summed E-state index contributed by atoms with van der Waals surface area (Å²) in [5.41, 5.74) is 2.22. The van der Waals surface area contributed by atoms with Gasteiger partial charge in [0.05, 0.1) is 6.04 Å². The Labute approximate surface area is 171 Å². The fraction of sp³-hybridized carbons (Fsp3) is 0.435. The van der Waals surface area contributed by atoms with Crippen molar-refractivity contribution in [1.29, 1.82) is 0 Å². The zero-order valence-electron chi connectivity index (χ0n) is 17.3. The van der Waals surface area contributed by atoms with Crippen molar-refractivity contribution in [2.45, 2.75) is 38.1 Å². The van der Waals surface area contributed by atoms with Gasteiger partial charge in [0.1, 0.15) is 11.6 Å². The van der Waals surface area contributed by atoms with Crippen LogP contribution in [0.25, 0.3) is 0 Å². The molecule has 0 aliphatic carbocycles. The van der Waals surface area contributed by atoms with E-state index in [-0.39, 0.29) is 23.1 Å². The van der Waals surface area contributed by atoms with Crippen LogP contribution in [0.3, 0.4) is 0 Å². The fourth-order valence-electron chi connectivity index (χ4n) is 3.76. The van der Waals surface area contributed by atoms with Gasteiger partial charge in [-0.05, 0) is 61.6 Å². The minimum absolute atomic E-state index is 0.115. The third-order valence-corrected chi connectivity index (χ3v) is 5.75. The van der Waals surface area contributed by atoms with E-state index >= 15 is 0 Å². The topological polar surface area (TPSA) is 45.7 Å². The number of aliphatic imine (C=N–C) groups is 1. The van der Waals surface area contributed by atoms with Gasteiger partial charge in [0.2, 0.25) is 0 Å². The minimum atomic E-state index is -0.231. The zero-order chi connectivity index (χ0) is 20.9. The molecule has 1 heterocycles. The van der Waals surface area contributed by atoms with Crippen molar-refractivity contribution in [1.82, 2.24) is 10.6 Å². The number of nitrogens with one attached hydrogen (secondary N) is 2. The Morgan fingerprint density at radius 1 is 1.17 bits per heavy atom. The monoisotopic (exact) mass is 401 g/mol. The quantitative estimate of drug-likeness (QED) is 0.582. The lowest BCUT2D eigenvalue weighted by Crippen LogP contribution is -2.48. The maximum Gasteiger partial charge on any atom is 0.191 e. The van der Waals surface area contributed by atoms with Crippen LogP contribution in [0.5, 0.6) is 0 Å². The van der Waals surface area contributed by atoms with Crippen molar-refractivity contribution in [2.24, 2.45) is 4.99 Å². The number of rotatable bonds is 5. The number of hydrogen-bond donors (Lipinski definition) is 2. The van der Waals surface area contributed by atoms with E-state index in [0.29, 0.717) is 31.3 Å². The van der Waals surface area contributed by atoms with Gasteiger partial charge < -0.3 is 15.4 Å². The van der Waals surface area contributed by atoms with Gasteiger partial charge in [-0.1, -0.05) is 24.3 Å². The van der Waals surface area contributed by atoms with Crippen LogP contribution in [0.15, 0.2) is 47.5 Å². The summed E-state index contributed by atoms with van der Waals surface area (Å²) in [7, 11) is 1.70. The van der Waals surface area contributed by atoms with E-state index in [2.05, 4.69) is 15.6 Å². The lowest BCUT2D eigenvalue weighted by molar-refractivity contribution is 0.0512. The Hall–Kier alpha value is -2.47. The van der Waals surface area contributed by atoms with Crippen molar-refractivity contribution in [3.05, 3.63) is 70.8 Å². The molecule has 1 atom stereocenters. The van der Waals surface area contributed by atoms with E-state index in [1.165, 1.54) is 6.07 Å². The molecule has 3 rings (SSSR count). The molecular weight excluding hydrogens is 372 g/mol. The third kappa shape index (κ3) is 5.12. The molecule has 2 aromatic rings. The third-order valence-electron chi connectivity index (χ3n) is 5.75. The van der Waals surface area contributed by atoms with Crippen LogP contribution < -0.4 is 10.6 Å². The van der Waals surface area contributed by atoms with Crippen molar-refractivity contribution < 1.29 is 13.5 Å². The molecule has 0 spiro atoms. The van der Waals surface area contributed by atoms with Crippen LogP contribution in [0.4, 0.5) is 8.78 Å². The highest BCUT2D eigenvalue weighted by Gasteiger charge is 2.35. The highest BCUT2D eigenvalue weighted by molar-refractivity contribution is 5.80. The Morgan fingerprint density at radius 3 is 2.59 bits per heavy atom. The summed E-state index contributed by atoms with van der Waals surface area (Å²) >= 11 is 0. The number of guanidine groups is 1. The maximum atomic E-state index is 13.9. The highest BCUT2D eigenvalue weighted by atomic mass is 19.1. The summed E-state index contributed by atoms with van der Waals surface area (Å²) in [5, 5.41) is 6.71. The molecule has 1 unspecified atom stereocenters. The van der Waals surface area contributed by atoms with E-state index in [4.69, 9.17) is 4.74 Å². The number of benzene rings is 2. The van der Waals surface area contributed by atoms with Gasteiger partial charge in [-0.15, -0.1) is 0 Å². The van der Waals surface area contributed by atoms with Crippen LogP contribution >= 0.6 is 0 Å². The number of aryl methyl sites for hydroxylation is 1. The Kier molecular flexibility index (Phi) is 6.85. The molecule has 2 N–H and O–H groups in total. The maximum absolute atomic E-state index is 13.9. The normalized spacial score (nSPS) is 17.6. The van der Waals surface area contributed by atoms with E-state index in [1.54, 1.807) is 38.2 Å². The van der Waals surface area contributed by atoms with Gasteiger partial charge in [0.15, 0.2) is 5.96 Å². The molecule has 0 aromatic heterocycles. The molecule has 0 radical (unpaired) electrons. The Morgan fingerprint density at radius 2 is 1.93 bits per heavy atom. The first-order valence-electron chi connectivity index (χ1n) is 10.0. The average Bonchev–Trinajstić information content (AvgIpc) is 2.73. The molecule has 1 aliphatic rings. The molecule has 1 saturated heterocycles. The van der Waals surface area contributed by atoms with Gasteiger partial charge in [-0.3, -0.25) is 4.99 Å². The largest absolute Gasteiger partial charge is 0.381 e. The van der Waals surface area contributed by atoms with Crippen LogP contribution in [0, 0.1) is 18.6 Å². The van der Waals surface area contributed by atoms with Crippen molar-refractivity contribution >= 4 is 5.96 Å². The molecule has 0 saturated carbocycles. The second-order valence-corrected chi connectivity index (χ2v) is 7.70. The van der Waals surface area contributed by atoms with Gasteiger partial charge in [0, 0.05) is 32.2 Å². The molecule has 1 fully saturated rings. The smallest absolute Gasteiger partial charge is 0.191 e. The van der Waals surface area contributed by atoms with Crippen molar-refractivity contribution in [3.63, 3.8) is 0 Å². The summed E-state index contributed by atoms with van der Waals surface area (Å²) in [5.74, 6) is 0.179. The summed E-state index contributed by atoms with van der Waals surface area (Å²) in [6, 6.07) is 11.9. The van der Waals surface area contributed by atoms with E-state index in [9.17, 15) is 8.78 Å². The molecule has 1 aliphatic heterocycles. The summed E-state index contributed by atoms with van der Waals surface area (Å²) in [4.78, 5) is 4.32. The highest BCUT2D eigenvalue weighted by Crippen LogP contribution is 2.34. The summed E-state index contributed by atoms with van der Waals surface area (Å²) in [6.45, 7) is 5.60. The van der Waals surface area contributed by atoms with Gasteiger partial charge >= 0.3 is 0 Å². The van der Waals surface area contributed by atoms with Crippen LogP contribution in [0.1, 0.15) is 42.5 Å². The van der Waals surface area contributed by atoms with Crippen molar-refractivity contribution in [2.75, 3.05) is 26.8 Å². The SMILES string of the molecule is CN=C(NCC1(c2cccc(F)c2)CCOCC1)NC(C)c1ccc(C)c(F)c1. The number of halogens is 2. The summed E-state index contributed by atoms with van der Waals surface area (Å²) < 4.78 is 33.3. The van der Waals surface area contributed by atoms with Crippen LogP contribution in [-0.2, 0) is 10.2 Å². The molecule has 29 heavy (non-hydrogen) atoms. The predicted octanol–water partition coefficient (Wildman–Crippen LogP) is 4.25. The first-order valence-corrected chi connectivity index (χ1v) is 10.0. The predicted molar refractivity (Wildman–Crippen MR) is 112 cm³/mol. The lowest BCUT2D eigenvalue weighted by atomic mass is 9.74. The molecule has 2 aromatic carbocycles. The molecule has 156 valence electrons. The fourth-order valence-corrected chi connectivity index (χ4v) is 3.76. The first-order chi connectivity index (χ1) is 13.9. The molecule has 0 amide bonds. The van der Waals surface area contributed by atoms with Crippen LogP contribution in [-0.4, -0.2) is 32.8 Å². The lowest BCUT2D eigenvalue weighted by Gasteiger charge is -2.38. The van der Waals surface area contributed by atoms with Gasteiger partial charge in [-0.2, -0.15) is 0 Å². The second-order valence-electron chi connectivity index (χ2n) is 7.70. The molecular formula is C23H29F2N3O.